The maximum atomic E-state index is 11.8. The molecule has 1 aromatic rings. The van der Waals surface area contributed by atoms with Gasteiger partial charge in [-0.2, -0.15) is 0 Å². The highest BCUT2D eigenvalue weighted by Gasteiger charge is 2.11. The van der Waals surface area contributed by atoms with Gasteiger partial charge in [0.15, 0.2) is 0 Å². The van der Waals surface area contributed by atoms with Crippen molar-refractivity contribution in [3.8, 4) is 0 Å². The van der Waals surface area contributed by atoms with Gasteiger partial charge in [0.2, 0.25) is 0 Å². The van der Waals surface area contributed by atoms with Gasteiger partial charge in [0.05, 0.1) is 5.75 Å². The fourth-order valence-electron chi connectivity index (χ4n) is 1.08. The van der Waals surface area contributed by atoms with Gasteiger partial charge in [0, 0.05) is 30.8 Å². The van der Waals surface area contributed by atoms with Gasteiger partial charge in [-0.25, -0.2) is 0 Å². The van der Waals surface area contributed by atoms with Gasteiger partial charge in [-0.1, -0.05) is 6.92 Å². The van der Waals surface area contributed by atoms with Crippen LogP contribution in [0.1, 0.15) is 18.2 Å². The Morgan fingerprint density at radius 3 is 2.93 bits per heavy atom. The van der Waals surface area contributed by atoms with Crippen LogP contribution in [0.15, 0.2) is 15.9 Å². The van der Waals surface area contributed by atoms with E-state index in [1.807, 2.05) is 18.4 Å². The van der Waals surface area contributed by atoms with E-state index in [0.717, 1.165) is 10.9 Å². The van der Waals surface area contributed by atoms with Crippen LogP contribution < -0.4 is 5.73 Å². The molecule has 0 aliphatic heterocycles. The Morgan fingerprint density at radius 2 is 2.43 bits per heavy atom. The van der Waals surface area contributed by atoms with Crippen molar-refractivity contribution in [2.45, 2.75) is 24.3 Å². The molecule has 5 heteroatoms. The second-order valence-electron chi connectivity index (χ2n) is 3.14. The number of halogens is 1. The minimum absolute atomic E-state index is 0.195. The zero-order valence-corrected chi connectivity index (χ0v) is 11.3. The maximum absolute atomic E-state index is 11.8. The number of hydrogen-bond donors (Lipinski definition) is 1. The second kappa shape index (κ2) is 6.00. The van der Waals surface area contributed by atoms with Crippen LogP contribution in [-0.2, 0) is 16.6 Å². The Balaban J connectivity index is 2.48. The highest BCUT2D eigenvalue weighted by molar-refractivity contribution is 9.10. The van der Waals surface area contributed by atoms with Gasteiger partial charge in [-0.05, 0) is 35.0 Å². The van der Waals surface area contributed by atoms with Crippen molar-refractivity contribution in [1.82, 2.24) is 0 Å². The van der Waals surface area contributed by atoms with Gasteiger partial charge >= 0.3 is 0 Å². The summed E-state index contributed by atoms with van der Waals surface area (Å²) in [5.41, 5.74) is 5.43. The summed E-state index contributed by atoms with van der Waals surface area (Å²) in [4.78, 5) is 1.17. The minimum Gasteiger partial charge on any atom is -0.330 e. The lowest BCUT2D eigenvalue weighted by Gasteiger charge is -2.08. The molecule has 0 spiro atoms. The fraction of sp³-hybridized carbons (Fsp3) is 0.556. The molecule has 80 valence electrons. The molecule has 0 amide bonds. The Kier molecular flexibility index (Phi) is 5.30. The molecule has 0 saturated carbocycles. The van der Waals surface area contributed by atoms with Crippen LogP contribution in [0, 0.1) is 0 Å². The van der Waals surface area contributed by atoms with Gasteiger partial charge in [-0.3, -0.25) is 4.21 Å². The minimum atomic E-state index is -0.793. The molecule has 0 aliphatic rings. The largest absolute Gasteiger partial charge is 0.330 e. The van der Waals surface area contributed by atoms with E-state index in [1.54, 1.807) is 11.3 Å². The summed E-state index contributed by atoms with van der Waals surface area (Å²) in [5, 5.41) is 2.21. The lowest BCUT2D eigenvalue weighted by molar-refractivity contribution is 0.666. The quantitative estimate of drug-likeness (QED) is 0.907. The first-order valence-electron chi connectivity index (χ1n) is 4.43. The van der Waals surface area contributed by atoms with Crippen LogP contribution in [0.2, 0.25) is 0 Å². The number of nitrogens with two attached hydrogens (primary N) is 1. The smallest absolute Gasteiger partial charge is 0.0582 e. The maximum Gasteiger partial charge on any atom is 0.0582 e. The zero-order valence-electron chi connectivity index (χ0n) is 8.03. The molecule has 0 aromatic carbocycles. The van der Waals surface area contributed by atoms with E-state index >= 15 is 0 Å². The molecule has 0 bridgehead atoms. The predicted octanol–water partition coefficient (Wildman–Crippen LogP) is 2.50. The first-order chi connectivity index (χ1) is 6.63. The van der Waals surface area contributed by atoms with Crippen molar-refractivity contribution in [3.63, 3.8) is 0 Å². The molecule has 2 N–H and O–H groups in total. The molecule has 0 fully saturated rings. The van der Waals surface area contributed by atoms with Gasteiger partial charge < -0.3 is 5.73 Å². The van der Waals surface area contributed by atoms with E-state index in [4.69, 9.17) is 5.73 Å². The normalized spacial score (nSPS) is 15.4. The first kappa shape index (κ1) is 12.4. The Bertz CT molecular complexity index is 314. The molecule has 1 heterocycles. The third kappa shape index (κ3) is 3.81. The summed E-state index contributed by atoms with van der Waals surface area (Å²) < 4.78 is 12.8. The van der Waals surface area contributed by atoms with Crippen molar-refractivity contribution < 1.29 is 4.21 Å². The summed E-state index contributed by atoms with van der Waals surface area (Å²) in [6.07, 6.45) is 0.832. The lowest BCUT2D eigenvalue weighted by atomic mass is 10.3. The summed E-state index contributed by atoms with van der Waals surface area (Å²) in [6, 6.07) is 2.03. The van der Waals surface area contributed by atoms with Crippen molar-refractivity contribution >= 4 is 38.1 Å². The van der Waals surface area contributed by atoms with E-state index in [1.165, 1.54) is 4.88 Å². The lowest BCUT2D eigenvalue weighted by Crippen LogP contribution is -2.16. The van der Waals surface area contributed by atoms with Gasteiger partial charge in [-0.15, -0.1) is 11.3 Å². The van der Waals surface area contributed by atoms with E-state index in [2.05, 4.69) is 15.9 Å². The topological polar surface area (TPSA) is 43.1 Å². The van der Waals surface area contributed by atoms with E-state index in [-0.39, 0.29) is 5.25 Å². The van der Waals surface area contributed by atoms with Crippen LogP contribution in [-0.4, -0.2) is 16.0 Å². The Hall–Kier alpha value is 0.290. The summed E-state index contributed by atoms with van der Waals surface area (Å²) in [6.45, 7) is 2.60. The molecule has 1 rings (SSSR count). The number of thiophene rings is 1. The highest BCUT2D eigenvalue weighted by atomic mass is 79.9. The standard InChI is InChI=1S/C9H14BrNOS2/c1-7(2-3-11)14(12)6-9-4-8(10)5-13-9/h4-5,7H,2-3,6,11H2,1H3. The highest BCUT2D eigenvalue weighted by Crippen LogP contribution is 2.22. The number of rotatable bonds is 5. The molecule has 2 atom stereocenters. The Morgan fingerprint density at radius 1 is 1.71 bits per heavy atom. The number of hydrogen-bond acceptors (Lipinski definition) is 3. The second-order valence-corrected chi connectivity index (χ2v) is 6.91. The SMILES string of the molecule is CC(CCN)S(=O)Cc1cc(Br)cs1. The molecule has 14 heavy (non-hydrogen) atoms. The van der Waals surface area contributed by atoms with Crippen molar-refractivity contribution in [3.05, 3.63) is 20.8 Å². The van der Waals surface area contributed by atoms with E-state index < -0.39 is 10.8 Å². The van der Waals surface area contributed by atoms with Crippen LogP contribution in [0.4, 0.5) is 0 Å². The van der Waals surface area contributed by atoms with E-state index in [9.17, 15) is 4.21 Å². The third-order valence-corrected chi connectivity index (χ3v) is 5.54. The summed E-state index contributed by atoms with van der Waals surface area (Å²) in [7, 11) is -0.793. The summed E-state index contributed by atoms with van der Waals surface area (Å²) >= 11 is 5.02. The molecular formula is C9H14BrNOS2. The van der Waals surface area contributed by atoms with Crippen LogP contribution in [0.25, 0.3) is 0 Å². The molecule has 0 radical (unpaired) electrons. The van der Waals surface area contributed by atoms with Gasteiger partial charge in [0.25, 0.3) is 0 Å². The average molecular weight is 296 g/mol. The van der Waals surface area contributed by atoms with Crippen molar-refractivity contribution in [1.29, 1.82) is 0 Å². The summed E-state index contributed by atoms with van der Waals surface area (Å²) in [5.74, 6) is 0.650. The molecule has 0 aliphatic carbocycles. The molecule has 1 aromatic heterocycles. The van der Waals surface area contributed by atoms with Crippen LogP contribution in [0.3, 0.4) is 0 Å². The zero-order chi connectivity index (χ0) is 10.6. The third-order valence-electron chi connectivity index (χ3n) is 1.93. The van der Waals surface area contributed by atoms with Crippen molar-refractivity contribution in [2.24, 2.45) is 5.73 Å². The average Bonchev–Trinajstić information content (AvgIpc) is 2.51. The molecule has 0 saturated heterocycles. The Labute approximate surface area is 99.5 Å². The van der Waals surface area contributed by atoms with E-state index in [0.29, 0.717) is 12.3 Å². The molecule has 2 unspecified atom stereocenters. The van der Waals surface area contributed by atoms with Gasteiger partial charge in [0.1, 0.15) is 0 Å². The molecule has 2 nitrogen and oxygen atoms in total. The van der Waals surface area contributed by atoms with Crippen LogP contribution >= 0.6 is 27.3 Å². The molecular weight excluding hydrogens is 282 g/mol. The van der Waals surface area contributed by atoms with Crippen LogP contribution in [0.5, 0.6) is 0 Å². The fourth-order valence-corrected chi connectivity index (χ4v) is 3.98. The predicted molar refractivity (Wildman–Crippen MR) is 67.0 cm³/mol. The first-order valence-corrected chi connectivity index (χ1v) is 7.49. The van der Waals surface area contributed by atoms with Crippen molar-refractivity contribution in [2.75, 3.05) is 6.54 Å². The monoisotopic (exact) mass is 295 g/mol.